The maximum absolute atomic E-state index is 12.2. The minimum Gasteiger partial charge on any atom is -0.488 e. The molecule has 2 aliphatic heterocycles. The van der Waals surface area contributed by atoms with E-state index >= 15 is 0 Å². The largest absolute Gasteiger partial charge is 0.488 e. The molecule has 1 saturated heterocycles. The second-order valence-electron chi connectivity index (χ2n) is 10.7. The van der Waals surface area contributed by atoms with Gasteiger partial charge in [0.1, 0.15) is 18.2 Å². The Bertz CT molecular complexity index is 1360. The van der Waals surface area contributed by atoms with Gasteiger partial charge in [-0.25, -0.2) is 4.98 Å². The molecule has 8 nitrogen and oxygen atoms in total. The molecule has 3 atom stereocenters. The number of carboxylic acid groups (broad SMARTS) is 1. The molecular weight excluding hydrogens is 480 g/mol. The van der Waals surface area contributed by atoms with Crippen molar-refractivity contribution in [1.82, 2.24) is 15.3 Å². The maximum atomic E-state index is 12.2. The van der Waals surface area contributed by atoms with Crippen LogP contribution in [0.2, 0.25) is 0 Å². The number of aryl methyl sites for hydroxylation is 1. The van der Waals surface area contributed by atoms with Gasteiger partial charge in [-0.15, -0.1) is 0 Å². The molecule has 4 heterocycles. The van der Waals surface area contributed by atoms with Crippen LogP contribution in [0.5, 0.6) is 5.75 Å². The van der Waals surface area contributed by atoms with Gasteiger partial charge in [-0.05, 0) is 67.6 Å². The van der Waals surface area contributed by atoms with Crippen molar-refractivity contribution in [2.75, 3.05) is 38.3 Å². The van der Waals surface area contributed by atoms with Crippen molar-refractivity contribution in [2.24, 2.45) is 11.3 Å². The Morgan fingerprint density at radius 3 is 2.89 bits per heavy atom. The number of anilines is 1. The summed E-state index contributed by atoms with van der Waals surface area (Å²) in [6, 6.07) is 14.0. The fraction of sp³-hybridized carbons (Fsp3) is 0.433. The summed E-state index contributed by atoms with van der Waals surface area (Å²) in [6.07, 6.45) is 4.56. The van der Waals surface area contributed by atoms with Crippen molar-refractivity contribution in [3.8, 4) is 17.0 Å². The molecule has 0 amide bonds. The third-order valence-electron chi connectivity index (χ3n) is 8.39. The standard InChI is InChI=1S/C30H34N4O4/c1-19-5-3-6-23(28(19)38-17-20-13-21-9-11-31-12-10-24(21)32-15-20)25-7-4-8-27(33-25)34-16-22-14-30(22,29(35)36)26(34)18-37-2/h3-8,13,15,22,26,31H,9-12,14,16-18H2,1-2H3,(H,35,36)/t22?,26-,30-/m1/s1. The summed E-state index contributed by atoms with van der Waals surface area (Å²) < 4.78 is 11.9. The van der Waals surface area contributed by atoms with E-state index in [1.807, 2.05) is 49.5 Å². The number of hydrogen-bond acceptors (Lipinski definition) is 7. The SMILES string of the molecule is COC[C@H]1N(c2cccc(-c3cccc(C)c3OCc3cnc4c(c3)CCNCC4)n2)CC2C[C@@]21C(=O)O. The number of nitrogens with one attached hydrogen (secondary N) is 1. The van der Waals surface area contributed by atoms with Gasteiger partial charge in [0.25, 0.3) is 0 Å². The Labute approximate surface area is 223 Å². The lowest BCUT2D eigenvalue weighted by atomic mass is 9.97. The van der Waals surface area contributed by atoms with Gasteiger partial charge in [0, 0.05) is 49.6 Å². The van der Waals surface area contributed by atoms with E-state index in [0.29, 0.717) is 26.2 Å². The molecule has 0 spiro atoms. The van der Waals surface area contributed by atoms with Crippen LogP contribution in [0.3, 0.4) is 0 Å². The highest BCUT2D eigenvalue weighted by Crippen LogP contribution is 2.62. The second kappa shape index (κ2) is 10.0. The number of rotatable bonds is 8. The number of methoxy groups -OCH3 is 1. The predicted octanol–water partition coefficient (Wildman–Crippen LogP) is 3.65. The Kier molecular flexibility index (Phi) is 6.53. The summed E-state index contributed by atoms with van der Waals surface area (Å²) in [5, 5.41) is 13.4. The summed E-state index contributed by atoms with van der Waals surface area (Å²) in [5.74, 6) is 0.969. The minimum atomic E-state index is -0.735. The predicted molar refractivity (Wildman–Crippen MR) is 144 cm³/mol. The van der Waals surface area contributed by atoms with E-state index in [9.17, 15) is 9.90 Å². The summed E-state index contributed by atoms with van der Waals surface area (Å²) >= 11 is 0. The third-order valence-corrected chi connectivity index (χ3v) is 8.39. The van der Waals surface area contributed by atoms with Crippen molar-refractivity contribution in [3.63, 3.8) is 0 Å². The molecule has 6 rings (SSSR count). The lowest BCUT2D eigenvalue weighted by Gasteiger charge is -2.31. The lowest BCUT2D eigenvalue weighted by Crippen LogP contribution is -2.43. The summed E-state index contributed by atoms with van der Waals surface area (Å²) in [4.78, 5) is 24.0. The zero-order chi connectivity index (χ0) is 26.3. The molecule has 8 heteroatoms. The van der Waals surface area contributed by atoms with E-state index in [2.05, 4.69) is 16.3 Å². The minimum absolute atomic E-state index is 0.133. The Morgan fingerprint density at radius 2 is 2.05 bits per heavy atom. The summed E-state index contributed by atoms with van der Waals surface area (Å²) in [7, 11) is 1.63. The number of hydrogen-bond donors (Lipinski definition) is 2. The van der Waals surface area contributed by atoms with Gasteiger partial charge in [0.2, 0.25) is 0 Å². The van der Waals surface area contributed by atoms with E-state index < -0.39 is 11.4 Å². The number of carbonyl (C=O) groups is 1. The van der Waals surface area contributed by atoms with Crippen LogP contribution in [-0.2, 0) is 29.0 Å². The van der Waals surface area contributed by atoms with Gasteiger partial charge in [0.05, 0.1) is 23.8 Å². The van der Waals surface area contributed by atoms with Crippen LogP contribution in [0.4, 0.5) is 5.82 Å². The molecule has 198 valence electrons. The molecule has 1 saturated carbocycles. The topological polar surface area (TPSA) is 96.8 Å². The zero-order valence-electron chi connectivity index (χ0n) is 21.9. The average Bonchev–Trinajstić information content (AvgIpc) is 3.63. The van der Waals surface area contributed by atoms with E-state index in [1.165, 1.54) is 11.3 Å². The first-order valence-electron chi connectivity index (χ1n) is 13.4. The molecule has 2 fully saturated rings. The first-order valence-corrected chi connectivity index (χ1v) is 13.4. The van der Waals surface area contributed by atoms with Crippen LogP contribution in [0, 0.1) is 18.3 Å². The molecule has 2 N–H and O–H groups in total. The second-order valence-corrected chi connectivity index (χ2v) is 10.7. The number of aromatic nitrogens is 2. The number of ether oxygens (including phenoxy) is 2. The smallest absolute Gasteiger partial charge is 0.312 e. The number of aliphatic carboxylic acids is 1. The lowest BCUT2D eigenvalue weighted by molar-refractivity contribution is -0.144. The monoisotopic (exact) mass is 514 g/mol. The van der Waals surface area contributed by atoms with Crippen molar-refractivity contribution < 1.29 is 19.4 Å². The Balaban J connectivity index is 1.27. The quantitative estimate of drug-likeness (QED) is 0.470. The molecule has 38 heavy (non-hydrogen) atoms. The zero-order valence-corrected chi connectivity index (χ0v) is 21.9. The highest BCUT2D eigenvalue weighted by atomic mass is 16.5. The number of benzene rings is 1. The molecule has 0 radical (unpaired) electrons. The molecule has 0 bridgehead atoms. The molecule has 3 aromatic rings. The normalized spacial score (nSPS) is 23.9. The number of nitrogens with zero attached hydrogens (tertiary/aromatic N) is 3. The van der Waals surface area contributed by atoms with Crippen molar-refractivity contribution >= 4 is 11.8 Å². The first-order chi connectivity index (χ1) is 18.5. The van der Waals surface area contributed by atoms with E-state index in [1.54, 1.807) is 7.11 Å². The average molecular weight is 515 g/mol. The van der Waals surface area contributed by atoms with E-state index in [0.717, 1.165) is 59.9 Å². The highest BCUT2D eigenvalue weighted by molar-refractivity contribution is 5.82. The van der Waals surface area contributed by atoms with Gasteiger partial charge < -0.3 is 24.8 Å². The van der Waals surface area contributed by atoms with Crippen molar-refractivity contribution in [3.05, 3.63) is 71.0 Å². The third kappa shape index (κ3) is 4.31. The van der Waals surface area contributed by atoms with Gasteiger partial charge >= 0.3 is 5.97 Å². The number of fused-ring (bicyclic) bond motifs is 2. The van der Waals surface area contributed by atoms with Gasteiger partial charge in [-0.2, -0.15) is 0 Å². The van der Waals surface area contributed by atoms with Crippen LogP contribution >= 0.6 is 0 Å². The van der Waals surface area contributed by atoms with Crippen LogP contribution in [0.1, 0.15) is 28.8 Å². The summed E-state index contributed by atoms with van der Waals surface area (Å²) in [6.45, 7) is 5.45. The molecule has 3 aliphatic rings. The van der Waals surface area contributed by atoms with Crippen molar-refractivity contribution in [2.45, 2.75) is 38.8 Å². The molecule has 1 aromatic carbocycles. The van der Waals surface area contributed by atoms with Crippen molar-refractivity contribution in [1.29, 1.82) is 0 Å². The fourth-order valence-electron chi connectivity index (χ4n) is 6.28. The number of piperidine rings is 1. The van der Waals surface area contributed by atoms with Gasteiger partial charge in [-0.3, -0.25) is 9.78 Å². The number of para-hydroxylation sites is 1. The van der Waals surface area contributed by atoms with E-state index in [-0.39, 0.29) is 12.0 Å². The van der Waals surface area contributed by atoms with E-state index in [4.69, 9.17) is 19.4 Å². The molecule has 2 aromatic heterocycles. The maximum Gasteiger partial charge on any atom is 0.312 e. The number of carboxylic acids is 1. The Hall–Kier alpha value is -3.49. The first kappa shape index (κ1) is 24.8. The fourth-order valence-corrected chi connectivity index (χ4v) is 6.28. The Morgan fingerprint density at radius 1 is 1.21 bits per heavy atom. The van der Waals surface area contributed by atoms with Gasteiger partial charge in [-0.1, -0.05) is 18.2 Å². The van der Waals surface area contributed by atoms with Crippen LogP contribution < -0.4 is 15.0 Å². The van der Waals surface area contributed by atoms with Crippen LogP contribution in [0.15, 0.2) is 48.7 Å². The summed E-state index contributed by atoms with van der Waals surface area (Å²) in [5.41, 5.74) is 5.54. The molecule has 1 unspecified atom stereocenters. The molecular formula is C30H34N4O4. The number of pyridine rings is 2. The highest BCUT2D eigenvalue weighted by Gasteiger charge is 2.71. The van der Waals surface area contributed by atoms with Gasteiger partial charge in [0.15, 0.2) is 0 Å². The van der Waals surface area contributed by atoms with Crippen LogP contribution in [-0.4, -0.2) is 60.4 Å². The molecule has 1 aliphatic carbocycles. The van der Waals surface area contributed by atoms with Crippen LogP contribution in [0.25, 0.3) is 11.3 Å².